The smallest absolute Gasteiger partial charge is 0.123 e. The van der Waals surface area contributed by atoms with Crippen molar-refractivity contribution in [1.82, 2.24) is 14.5 Å². The molecule has 2 heterocycles. The van der Waals surface area contributed by atoms with Crippen LogP contribution in [0, 0.1) is 5.82 Å². The normalized spacial score (nSPS) is 19.9. The van der Waals surface area contributed by atoms with Gasteiger partial charge in [-0.3, -0.25) is 4.90 Å². The predicted octanol–water partition coefficient (Wildman–Crippen LogP) is 2.45. The van der Waals surface area contributed by atoms with E-state index < -0.39 is 6.10 Å². The van der Waals surface area contributed by atoms with Gasteiger partial charge in [0.25, 0.3) is 0 Å². The van der Waals surface area contributed by atoms with Crippen molar-refractivity contribution < 1.29 is 9.50 Å². The summed E-state index contributed by atoms with van der Waals surface area (Å²) in [6.07, 6.45) is 4.81. The molecule has 2 aliphatic rings. The second kappa shape index (κ2) is 5.48. The quantitative estimate of drug-likeness (QED) is 0.943. The summed E-state index contributed by atoms with van der Waals surface area (Å²) in [5.74, 6) is -0.305. The molecule has 1 aliphatic carbocycles. The Balaban J connectivity index is 1.44. The Kier molecular flexibility index (Phi) is 3.47. The average Bonchev–Trinajstić information content (AvgIpc) is 3.27. The molecule has 4 nitrogen and oxygen atoms in total. The Morgan fingerprint density at radius 3 is 3.00 bits per heavy atom. The lowest BCUT2D eigenvalue weighted by Crippen LogP contribution is -2.34. The van der Waals surface area contributed by atoms with Crippen molar-refractivity contribution in [1.29, 1.82) is 0 Å². The van der Waals surface area contributed by atoms with Crippen LogP contribution in [0.25, 0.3) is 0 Å². The van der Waals surface area contributed by atoms with E-state index in [4.69, 9.17) is 0 Å². The Bertz CT molecular complexity index is 680. The molecule has 1 aromatic heterocycles. The molecule has 22 heavy (non-hydrogen) atoms. The van der Waals surface area contributed by atoms with Crippen LogP contribution in [0.1, 0.15) is 41.9 Å². The molecule has 1 aromatic carbocycles. The number of rotatable bonds is 4. The third-order valence-corrected chi connectivity index (χ3v) is 4.63. The van der Waals surface area contributed by atoms with E-state index in [-0.39, 0.29) is 5.82 Å². The molecule has 4 rings (SSSR count). The molecule has 0 radical (unpaired) electrons. The van der Waals surface area contributed by atoms with Crippen LogP contribution in [-0.4, -0.2) is 32.6 Å². The minimum absolute atomic E-state index is 0.305. The molecular formula is C17H20FN3O. The first-order valence-electron chi connectivity index (χ1n) is 7.91. The van der Waals surface area contributed by atoms with Gasteiger partial charge >= 0.3 is 0 Å². The van der Waals surface area contributed by atoms with Crippen LogP contribution in [0.15, 0.2) is 30.6 Å². The molecule has 2 aromatic rings. The summed E-state index contributed by atoms with van der Waals surface area (Å²) in [4.78, 5) is 6.74. The summed E-state index contributed by atoms with van der Waals surface area (Å²) in [5.41, 5.74) is 3.12. The van der Waals surface area contributed by atoms with E-state index in [1.54, 1.807) is 12.1 Å². The van der Waals surface area contributed by atoms with Crippen molar-refractivity contribution in [2.24, 2.45) is 0 Å². The van der Waals surface area contributed by atoms with Crippen molar-refractivity contribution in [3.05, 3.63) is 53.4 Å². The summed E-state index contributed by atoms with van der Waals surface area (Å²) in [6.45, 7) is 2.19. The van der Waals surface area contributed by atoms with Crippen LogP contribution >= 0.6 is 0 Å². The lowest BCUT2D eigenvalue weighted by Gasteiger charge is -2.29. The summed E-state index contributed by atoms with van der Waals surface area (Å²) in [5, 5.41) is 10.3. The number of aromatic nitrogens is 2. The molecule has 0 bridgehead atoms. The summed E-state index contributed by atoms with van der Waals surface area (Å²) < 4.78 is 15.6. The van der Waals surface area contributed by atoms with E-state index in [0.717, 1.165) is 25.2 Å². The number of nitrogens with zero attached hydrogens (tertiary/aromatic N) is 3. The summed E-state index contributed by atoms with van der Waals surface area (Å²) in [7, 11) is 0. The summed E-state index contributed by atoms with van der Waals surface area (Å²) >= 11 is 0. The Morgan fingerprint density at radius 2 is 2.23 bits per heavy atom. The van der Waals surface area contributed by atoms with Crippen LogP contribution < -0.4 is 0 Å². The maximum absolute atomic E-state index is 13.3. The first-order valence-corrected chi connectivity index (χ1v) is 7.91. The largest absolute Gasteiger partial charge is 0.387 e. The second-order valence-electron chi connectivity index (χ2n) is 6.33. The standard InChI is InChI=1S/C17H20FN3O/c18-13-3-1-2-12(8-13)17(22)10-20-7-6-16-15(9-20)19-11-21(16)14-4-5-14/h1-3,8,11,14,17,22H,4-7,9-10H2. The Labute approximate surface area is 129 Å². The fourth-order valence-electron chi connectivity index (χ4n) is 3.27. The first-order chi connectivity index (χ1) is 10.7. The zero-order valence-electron chi connectivity index (χ0n) is 12.5. The minimum atomic E-state index is -0.664. The maximum atomic E-state index is 13.3. The van der Waals surface area contributed by atoms with Gasteiger partial charge in [0, 0.05) is 37.8 Å². The SMILES string of the molecule is OC(CN1CCc2c(ncn2C2CC2)C1)c1cccc(F)c1. The first kappa shape index (κ1) is 13.9. The number of aliphatic hydroxyl groups excluding tert-OH is 1. The van der Waals surface area contributed by atoms with Gasteiger partial charge in [0.15, 0.2) is 0 Å². The molecule has 0 spiro atoms. The molecule has 1 aliphatic heterocycles. The van der Waals surface area contributed by atoms with Gasteiger partial charge in [-0.05, 0) is 30.5 Å². The van der Waals surface area contributed by atoms with Gasteiger partial charge in [0.05, 0.1) is 18.1 Å². The molecule has 1 N–H and O–H groups in total. The number of benzene rings is 1. The number of fused-ring (bicyclic) bond motifs is 1. The van der Waals surface area contributed by atoms with E-state index in [1.165, 1.54) is 30.7 Å². The highest BCUT2D eigenvalue weighted by atomic mass is 19.1. The van der Waals surface area contributed by atoms with E-state index in [0.29, 0.717) is 18.2 Å². The fourth-order valence-corrected chi connectivity index (χ4v) is 3.27. The third kappa shape index (κ3) is 2.66. The van der Waals surface area contributed by atoms with Crippen LogP contribution in [0.2, 0.25) is 0 Å². The highest BCUT2D eigenvalue weighted by Gasteiger charge is 2.29. The van der Waals surface area contributed by atoms with Crippen LogP contribution in [0.4, 0.5) is 4.39 Å². The lowest BCUT2D eigenvalue weighted by atomic mass is 10.1. The number of β-amino-alcohol motifs (C(OH)–C–C–N with tert-alkyl or cyclic N) is 1. The predicted molar refractivity (Wildman–Crippen MR) is 80.8 cm³/mol. The van der Waals surface area contributed by atoms with Crippen molar-refractivity contribution in [2.45, 2.75) is 38.0 Å². The van der Waals surface area contributed by atoms with E-state index in [9.17, 15) is 9.50 Å². The molecule has 0 saturated heterocycles. The Hall–Kier alpha value is -1.72. The second-order valence-corrected chi connectivity index (χ2v) is 6.33. The van der Waals surface area contributed by atoms with Gasteiger partial charge in [-0.2, -0.15) is 0 Å². The van der Waals surface area contributed by atoms with Gasteiger partial charge in [-0.25, -0.2) is 9.37 Å². The van der Waals surface area contributed by atoms with Crippen molar-refractivity contribution in [3.63, 3.8) is 0 Å². The molecule has 116 valence electrons. The van der Waals surface area contributed by atoms with Crippen molar-refractivity contribution in [3.8, 4) is 0 Å². The topological polar surface area (TPSA) is 41.3 Å². The van der Waals surface area contributed by atoms with Gasteiger partial charge in [0.2, 0.25) is 0 Å². The minimum Gasteiger partial charge on any atom is -0.387 e. The average molecular weight is 301 g/mol. The van der Waals surface area contributed by atoms with Gasteiger partial charge in [0.1, 0.15) is 5.82 Å². The molecule has 1 atom stereocenters. The number of hydrogen-bond donors (Lipinski definition) is 1. The summed E-state index contributed by atoms with van der Waals surface area (Å²) in [6, 6.07) is 6.88. The maximum Gasteiger partial charge on any atom is 0.123 e. The zero-order chi connectivity index (χ0) is 15.1. The highest BCUT2D eigenvalue weighted by Crippen LogP contribution is 2.37. The lowest BCUT2D eigenvalue weighted by molar-refractivity contribution is 0.104. The molecule has 1 fully saturated rings. The van der Waals surface area contributed by atoms with E-state index >= 15 is 0 Å². The van der Waals surface area contributed by atoms with Crippen molar-refractivity contribution >= 4 is 0 Å². The molecule has 0 amide bonds. The monoisotopic (exact) mass is 301 g/mol. The Morgan fingerprint density at radius 1 is 1.36 bits per heavy atom. The van der Waals surface area contributed by atoms with Crippen LogP contribution in [-0.2, 0) is 13.0 Å². The number of aliphatic hydroxyl groups is 1. The number of hydrogen-bond acceptors (Lipinski definition) is 3. The van der Waals surface area contributed by atoms with Gasteiger partial charge in [-0.1, -0.05) is 12.1 Å². The number of imidazole rings is 1. The van der Waals surface area contributed by atoms with E-state index in [1.807, 2.05) is 6.33 Å². The van der Waals surface area contributed by atoms with Gasteiger partial charge < -0.3 is 9.67 Å². The van der Waals surface area contributed by atoms with Gasteiger partial charge in [-0.15, -0.1) is 0 Å². The van der Waals surface area contributed by atoms with E-state index in [2.05, 4.69) is 14.5 Å². The molecular weight excluding hydrogens is 281 g/mol. The fraction of sp³-hybridized carbons (Fsp3) is 0.471. The highest BCUT2D eigenvalue weighted by molar-refractivity contribution is 5.21. The molecule has 1 saturated carbocycles. The van der Waals surface area contributed by atoms with Crippen molar-refractivity contribution in [2.75, 3.05) is 13.1 Å². The third-order valence-electron chi connectivity index (χ3n) is 4.63. The molecule has 1 unspecified atom stereocenters. The zero-order valence-corrected chi connectivity index (χ0v) is 12.5. The molecule has 5 heteroatoms. The number of halogens is 1. The van der Waals surface area contributed by atoms with Crippen LogP contribution in [0.5, 0.6) is 0 Å². The van der Waals surface area contributed by atoms with Crippen LogP contribution in [0.3, 0.4) is 0 Å².